The number of thioether (sulfide) groups is 1. The minimum Gasteiger partial charge on any atom is -0.357 e. The largest absolute Gasteiger partial charge is 0.357 e. The molecule has 7 nitrogen and oxygen atoms in total. The Morgan fingerprint density at radius 1 is 1.16 bits per heavy atom. The Morgan fingerprint density at radius 2 is 1.88 bits per heavy atom. The van der Waals surface area contributed by atoms with E-state index in [0.29, 0.717) is 16.5 Å². The zero-order valence-corrected chi connectivity index (χ0v) is 13.9. The smallest absolute Gasteiger partial charge is 0.288 e. The standard InChI is InChI=1S/C16H14FN5O2S/c1-25-16-19-9-13(22(16)11-6-4-10(17)5-7-11)15(24)21-20-14(23)12-3-2-8-18-12/h2-9,18H,1H3,(H,20,23)(H,21,24). The maximum atomic E-state index is 13.2. The zero-order chi connectivity index (χ0) is 17.8. The number of aromatic nitrogens is 3. The van der Waals surface area contributed by atoms with Gasteiger partial charge in [0, 0.05) is 11.9 Å². The fourth-order valence-corrected chi connectivity index (χ4v) is 2.74. The third-order valence-corrected chi connectivity index (χ3v) is 4.01. The second-order valence-electron chi connectivity index (χ2n) is 4.93. The summed E-state index contributed by atoms with van der Waals surface area (Å²) in [5, 5.41) is 0.562. The van der Waals surface area contributed by atoms with Gasteiger partial charge in [0.25, 0.3) is 11.8 Å². The summed E-state index contributed by atoms with van der Waals surface area (Å²) in [4.78, 5) is 31.2. The van der Waals surface area contributed by atoms with Crippen molar-refractivity contribution >= 4 is 23.6 Å². The lowest BCUT2D eigenvalue weighted by Crippen LogP contribution is -2.42. The van der Waals surface area contributed by atoms with E-state index in [4.69, 9.17) is 0 Å². The van der Waals surface area contributed by atoms with Gasteiger partial charge in [0.05, 0.1) is 6.20 Å². The Hall–Kier alpha value is -3.07. The number of hydrazine groups is 1. The van der Waals surface area contributed by atoms with Crippen molar-refractivity contribution in [3.05, 3.63) is 66.0 Å². The molecule has 128 valence electrons. The highest BCUT2D eigenvalue weighted by molar-refractivity contribution is 7.98. The van der Waals surface area contributed by atoms with Crippen molar-refractivity contribution in [3.63, 3.8) is 0 Å². The summed E-state index contributed by atoms with van der Waals surface area (Å²) in [5.41, 5.74) is 5.78. The van der Waals surface area contributed by atoms with E-state index >= 15 is 0 Å². The van der Waals surface area contributed by atoms with Crippen molar-refractivity contribution in [2.45, 2.75) is 5.16 Å². The monoisotopic (exact) mass is 359 g/mol. The van der Waals surface area contributed by atoms with E-state index in [1.807, 2.05) is 6.26 Å². The maximum Gasteiger partial charge on any atom is 0.288 e. The van der Waals surface area contributed by atoms with Gasteiger partial charge in [-0.2, -0.15) is 0 Å². The molecule has 0 spiro atoms. The van der Waals surface area contributed by atoms with Crippen molar-refractivity contribution in [2.24, 2.45) is 0 Å². The number of aromatic amines is 1. The number of carbonyl (C=O) groups excluding carboxylic acids is 2. The lowest BCUT2D eigenvalue weighted by Gasteiger charge is -2.11. The van der Waals surface area contributed by atoms with Crippen molar-refractivity contribution in [3.8, 4) is 5.69 Å². The summed E-state index contributed by atoms with van der Waals surface area (Å²) in [7, 11) is 0. The molecule has 0 saturated carbocycles. The number of hydrogen-bond acceptors (Lipinski definition) is 4. The lowest BCUT2D eigenvalue weighted by atomic mass is 10.3. The van der Waals surface area contributed by atoms with E-state index in [9.17, 15) is 14.0 Å². The Morgan fingerprint density at radius 3 is 2.52 bits per heavy atom. The quantitative estimate of drug-likeness (QED) is 0.492. The van der Waals surface area contributed by atoms with E-state index in [1.54, 1.807) is 35.0 Å². The summed E-state index contributed by atoms with van der Waals surface area (Å²) < 4.78 is 14.7. The van der Waals surface area contributed by atoms with Gasteiger partial charge in [0.15, 0.2) is 5.16 Å². The van der Waals surface area contributed by atoms with Gasteiger partial charge < -0.3 is 4.98 Å². The van der Waals surface area contributed by atoms with Gasteiger partial charge in [-0.25, -0.2) is 9.37 Å². The fourth-order valence-electron chi connectivity index (χ4n) is 2.20. The van der Waals surface area contributed by atoms with Crippen LogP contribution < -0.4 is 10.9 Å². The van der Waals surface area contributed by atoms with Crippen LogP contribution in [0, 0.1) is 5.82 Å². The summed E-state index contributed by atoms with van der Waals surface area (Å²) in [6.45, 7) is 0. The number of amides is 2. The molecular weight excluding hydrogens is 345 g/mol. The molecule has 1 aromatic carbocycles. The van der Waals surface area contributed by atoms with Crippen LogP contribution in [0.1, 0.15) is 21.0 Å². The molecule has 2 aromatic heterocycles. The number of hydrogen-bond donors (Lipinski definition) is 3. The molecule has 3 N–H and O–H groups in total. The second kappa shape index (κ2) is 7.22. The first-order valence-electron chi connectivity index (χ1n) is 7.22. The number of carbonyl (C=O) groups is 2. The van der Waals surface area contributed by atoms with Crippen LogP contribution in [0.5, 0.6) is 0 Å². The molecule has 3 rings (SSSR count). The molecule has 2 heterocycles. The third-order valence-electron chi connectivity index (χ3n) is 3.36. The Kier molecular flexibility index (Phi) is 4.85. The summed E-state index contributed by atoms with van der Waals surface area (Å²) >= 11 is 1.34. The first-order valence-corrected chi connectivity index (χ1v) is 8.44. The first-order chi connectivity index (χ1) is 12.1. The Labute approximate surface area is 146 Å². The van der Waals surface area contributed by atoms with E-state index in [-0.39, 0.29) is 11.5 Å². The van der Waals surface area contributed by atoms with Crippen LogP contribution in [0.3, 0.4) is 0 Å². The first kappa shape index (κ1) is 16.8. The maximum absolute atomic E-state index is 13.2. The molecule has 0 aliphatic carbocycles. The average Bonchev–Trinajstić information content (AvgIpc) is 3.29. The predicted octanol–water partition coefficient (Wildman–Crippen LogP) is 2.14. The van der Waals surface area contributed by atoms with Crippen LogP contribution in [0.15, 0.2) is 53.9 Å². The molecule has 0 bridgehead atoms. The fraction of sp³-hybridized carbons (Fsp3) is 0.0625. The van der Waals surface area contributed by atoms with Crippen molar-refractivity contribution < 1.29 is 14.0 Å². The molecule has 0 fully saturated rings. The summed E-state index contributed by atoms with van der Waals surface area (Å²) in [6.07, 6.45) is 4.81. The van der Waals surface area contributed by atoms with Gasteiger partial charge in [-0.05, 0) is 42.7 Å². The van der Waals surface area contributed by atoms with Gasteiger partial charge in [-0.1, -0.05) is 11.8 Å². The van der Waals surface area contributed by atoms with Crippen LogP contribution >= 0.6 is 11.8 Å². The third kappa shape index (κ3) is 3.56. The molecule has 2 amide bonds. The van der Waals surface area contributed by atoms with E-state index < -0.39 is 11.8 Å². The van der Waals surface area contributed by atoms with Crippen LogP contribution in [0.2, 0.25) is 0 Å². The van der Waals surface area contributed by atoms with E-state index in [0.717, 1.165) is 0 Å². The molecule has 0 radical (unpaired) electrons. The number of rotatable bonds is 4. The van der Waals surface area contributed by atoms with Crippen molar-refractivity contribution in [1.82, 2.24) is 25.4 Å². The van der Waals surface area contributed by atoms with Crippen molar-refractivity contribution in [1.29, 1.82) is 0 Å². The van der Waals surface area contributed by atoms with E-state index in [1.165, 1.54) is 30.1 Å². The highest BCUT2D eigenvalue weighted by Gasteiger charge is 2.18. The van der Waals surface area contributed by atoms with Crippen LogP contribution in [-0.4, -0.2) is 32.6 Å². The molecule has 0 aliphatic rings. The molecular formula is C16H14FN5O2S. The molecule has 9 heteroatoms. The molecule has 25 heavy (non-hydrogen) atoms. The highest BCUT2D eigenvalue weighted by Crippen LogP contribution is 2.21. The number of H-pyrrole nitrogens is 1. The van der Waals surface area contributed by atoms with Crippen molar-refractivity contribution in [2.75, 3.05) is 6.26 Å². The van der Waals surface area contributed by atoms with Gasteiger partial charge in [0.1, 0.15) is 17.2 Å². The second-order valence-corrected chi connectivity index (χ2v) is 5.71. The minimum absolute atomic E-state index is 0.211. The normalized spacial score (nSPS) is 10.5. The number of nitrogens with zero attached hydrogens (tertiary/aromatic N) is 2. The number of imidazole rings is 1. The SMILES string of the molecule is CSc1ncc(C(=O)NNC(=O)c2ccc[nH]2)n1-c1ccc(F)cc1. The Bertz CT molecular complexity index is 890. The zero-order valence-electron chi connectivity index (χ0n) is 13.1. The van der Waals surface area contributed by atoms with Gasteiger partial charge in [-0.15, -0.1) is 0 Å². The minimum atomic E-state index is -0.544. The molecule has 0 atom stereocenters. The van der Waals surface area contributed by atoms with Gasteiger partial charge in [0.2, 0.25) is 0 Å². The van der Waals surface area contributed by atoms with Crippen LogP contribution in [0.25, 0.3) is 5.69 Å². The van der Waals surface area contributed by atoms with E-state index in [2.05, 4.69) is 20.8 Å². The van der Waals surface area contributed by atoms with Crippen LogP contribution in [-0.2, 0) is 0 Å². The average molecular weight is 359 g/mol. The Balaban J connectivity index is 1.82. The number of halogens is 1. The van der Waals surface area contributed by atoms with Gasteiger partial charge >= 0.3 is 0 Å². The summed E-state index contributed by atoms with van der Waals surface area (Å²) in [6, 6.07) is 8.94. The molecule has 3 aromatic rings. The van der Waals surface area contributed by atoms with Crippen LogP contribution in [0.4, 0.5) is 4.39 Å². The molecule has 0 unspecified atom stereocenters. The topological polar surface area (TPSA) is 91.8 Å². The summed E-state index contributed by atoms with van der Waals surface area (Å²) in [5.74, 6) is -1.40. The number of benzene rings is 1. The molecule has 0 aliphatic heterocycles. The highest BCUT2D eigenvalue weighted by atomic mass is 32.2. The molecule has 0 saturated heterocycles. The lowest BCUT2D eigenvalue weighted by molar-refractivity contribution is 0.0840. The number of nitrogens with one attached hydrogen (secondary N) is 3. The van der Waals surface area contributed by atoms with Gasteiger partial charge in [-0.3, -0.25) is 25.0 Å². The predicted molar refractivity (Wildman–Crippen MR) is 91.0 cm³/mol.